The van der Waals surface area contributed by atoms with E-state index in [1.807, 2.05) is 91.0 Å². The second-order valence-electron chi connectivity index (χ2n) is 8.35. The number of benzene rings is 3. The highest BCUT2D eigenvalue weighted by Crippen LogP contribution is 2.35. The third-order valence-corrected chi connectivity index (χ3v) is 5.79. The molecule has 1 aliphatic rings. The fourth-order valence-corrected chi connectivity index (χ4v) is 3.98. The summed E-state index contributed by atoms with van der Waals surface area (Å²) >= 11 is 0. The molecule has 0 aliphatic carbocycles. The lowest BCUT2D eigenvalue weighted by atomic mass is 10.0. The van der Waals surface area contributed by atoms with Crippen molar-refractivity contribution >= 4 is 29.1 Å². The van der Waals surface area contributed by atoms with Gasteiger partial charge in [0.25, 0.3) is 5.91 Å². The first-order valence-corrected chi connectivity index (χ1v) is 11.5. The van der Waals surface area contributed by atoms with Gasteiger partial charge in [0.2, 0.25) is 0 Å². The minimum Gasteiger partial charge on any atom is -0.451 e. The topological polar surface area (TPSA) is 88.1 Å². The molecule has 0 saturated heterocycles. The van der Waals surface area contributed by atoms with Gasteiger partial charge in [-0.2, -0.15) is 5.10 Å². The monoisotopic (exact) mass is 469 g/mol. The van der Waals surface area contributed by atoms with Gasteiger partial charge in [0, 0.05) is 6.42 Å². The molecule has 3 aromatic rings. The number of ketones is 1. The summed E-state index contributed by atoms with van der Waals surface area (Å²) in [5, 5.41) is 9.00. The standard InChI is InChI=1S/C28H27N3O4/c1-20(32)24(17-21-11-5-2-6-12-21)29-27(33)19-35-28(34)25-18-26(22-13-7-3-8-14-22)31(30-25)23-15-9-4-10-16-23/h2-16,24,26H,17-19H2,1H3,(H,29,33). The third-order valence-electron chi connectivity index (χ3n) is 5.79. The van der Waals surface area contributed by atoms with Gasteiger partial charge in [0.05, 0.1) is 17.8 Å². The molecule has 1 aliphatic heterocycles. The maximum absolute atomic E-state index is 12.8. The highest BCUT2D eigenvalue weighted by Gasteiger charge is 2.33. The Morgan fingerprint density at radius 1 is 0.943 bits per heavy atom. The lowest BCUT2D eigenvalue weighted by Gasteiger charge is -2.23. The molecular formula is C28H27N3O4. The fourth-order valence-electron chi connectivity index (χ4n) is 3.98. The quantitative estimate of drug-likeness (QED) is 0.481. The number of nitrogens with zero attached hydrogens (tertiary/aromatic N) is 2. The molecule has 35 heavy (non-hydrogen) atoms. The third kappa shape index (κ3) is 6.20. The van der Waals surface area contributed by atoms with E-state index in [-0.39, 0.29) is 17.5 Å². The minimum atomic E-state index is -0.691. The minimum absolute atomic E-state index is 0.164. The van der Waals surface area contributed by atoms with Gasteiger partial charge in [-0.1, -0.05) is 78.9 Å². The van der Waals surface area contributed by atoms with Crippen LogP contribution in [0.5, 0.6) is 0 Å². The molecule has 7 nitrogen and oxygen atoms in total. The van der Waals surface area contributed by atoms with Crippen molar-refractivity contribution in [1.29, 1.82) is 0 Å². The number of rotatable bonds is 9. The molecule has 0 fully saturated rings. The predicted octanol–water partition coefficient (Wildman–Crippen LogP) is 3.85. The van der Waals surface area contributed by atoms with Crippen LogP contribution in [0.15, 0.2) is 96.1 Å². The smallest absolute Gasteiger partial charge is 0.355 e. The van der Waals surface area contributed by atoms with E-state index < -0.39 is 24.5 Å². The van der Waals surface area contributed by atoms with Crippen molar-refractivity contribution in [3.8, 4) is 0 Å². The summed E-state index contributed by atoms with van der Waals surface area (Å²) in [7, 11) is 0. The summed E-state index contributed by atoms with van der Waals surface area (Å²) < 4.78 is 5.27. The summed E-state index contributed by atoms with van der Waals surface area (Å²) in [6.07, 6.45) is 0.719. The number of hydrazone groups is 1. The van der Waals surface area contributed by atoms with Crippen molar-refractivity contribution in [3.63, 3.8) is 0 Å². The zero-order valence-corrected chi connectivity index (χ0v) is 19.5. The van der Waals surface area contributed by atoms with Crippen LogP contribution in [0.2, 0.25) is 0 Å². The molecule has 4 rings (SSSR count). The van der Waals surface area contributed by atoms with Gasteiger partial charge in [0.1, 0.15) is 5.71 Å². The van der Waals surface area contributed by atoms with Crippen molar-refractivity contribution < 1.29 is 19.1 Å². The normalized spacial score (nSPS) is 15.7. The largest absolute Gasteiger partial charge is 0.451 e. The van der Waals surface area contributed by atoms with Gasteiger partial charge in [-0.25, -0.2) is 4.79 Å². The van der Waals surface area contributed by atoms with Crippen molar-refractivity contribution in [2.24, 2.45) is 5.10 Å². The highest BCUT2D eigenvalue weighted by atomic mass is 16.5. The van der Waals surface area contributed by atoms with E-state index in [4.69, 9.17) is 4.74 Å². The molecule has 0 radical (unpaired) electrons. The van der Waals surface area contributed by atoms with Gasteiger partial charge >= 0.3 is 5.97 Å². The predicted molar refractivity (Wildman–Crippen MR) is 134 cm³/mol. The Hall–Kier alpha value is -4.26. The Labute approximate surface area is 204 Å². The van der Waals surface area contributed by atoms with Gasteiger partial charge in [-0.15, -0.1) is 0 Å². The van der Waals surface area contributed by atoms with E-state index in [1.54, 1.807) is 5.01 Å². The average molecular weight is 470 g/mol. The number of anilines is 1. The van der Waals surface area contributed by atoms with Crippen molar-refractivity contribution in [3.05, 3.63) is 102 Å². The Kier molecular flexibility index (Phi) is 7.67. The summed E-state index contributed by atoms with van der Waals surface area (Å²) in [5.74, 6) is -1.35. The van der Waals surface area contributed by atoms with E-state index in [1.165, 1.54) is 6.92 Å². The van der Waals surface area contributed by atoms with Crippen LogP contribution >= 0.6 is 0 Å². The number of para-hydroxylation sites is 1. The molecule has 2 atom stereocenters. The second kappa shape index (κ2) is 11.2. The number of hydrogen-bond donors (Lipinski definition) is 1. The van der Waals surface area contributed by atoms with Crippen molar-refractivity contribution in [1.82, 2.24) is 5.32 Å². The number of Topliss-reactive ketones (excluding diaryl/α,β-unsaturated/α-hetero) is 1. The van der Waals surface area contributed by atoms with Gasteiger partial charge < -0.3 is 10.1 Å². The molecule has 178 valence electrons. The van der Waals surface area contributed by atoms with Gasteiger partial charge in [-0.3, -0.25) is 14.6 Å². The van der Waals surface area contributed by atoms with Crippen LogP contribution in [0.1, 0.15) is 30.5 Å². The Balaban J connectivity index is 1.39. The number of carbonyl (C=O) groups is 3. The second-order valence-corrected chi connectivity index (χ2v) is 8.35. The Bertz CT molecular complexity index is 1200. The molecule has 0 bridgehead atoms. The molecule has 1 N–H and O–H groups in total. The first-order valence-electron chi connectivity index (χ1n) is 11.5. The maximum atomic E-state index is 12.8. The van der Waals surface area contributed by atoms with Crippen LogP contribution in [-0.4, -0.2) is 36.0 Å². The van der Waals surface area contributed by atoms with E-state index >= 15 is 0 Å². The lowest BCUT2D eigenvalue weighted by molar-refractivity contribution is -0.142. The summed E-state index contributed by atoms with van der Waals surface area (Å²) in [4.78, 5) is 37.3. The van der Waals surface area contributed by atoms with E-state index in [9.17, 15) is 14.4 Å². The van der Waals surface area contributed by atoms with Gasteiger partial charge in [-0.05, 0) is 36.6 Å². The zero-order chi connectivity index (χ0) is 24.6. The summed E-state index contributed by atoms with van der Waals surface area (Å²) in [5.41, 5.74) is 3.04. The number of esters is 1. The van der Waals surface area contributed by atoms with E-state index in [0.29, 0.717) is 12.8 Å². The molecule has 0 saturated carbocycles. The van der Waals surface area contributed by atoms with Crippen molar-refractivity contribution in [2.45, 2.75) is 31.8 Å². The summed E-state index contributed by atoms with van der Waals surface area (Å²) in [6.45, 7) is 0.937. The highest BCUT2D eigenvalue weighted by molar-refractivity contribution is 6.37. The van der Waals surface area contributed by atoms with Crippen LogP contribution in [0, 0.1) is 0 Å². The van der Waals surface area contributed by atoms with E-state index in [0.717, 1.165) is 16.8 Å². The SMILES string of the molecule is CC(=O)C(Cc1ccccc1)NC(=O)COC(=O)C1=NN(c2ccccc2)C(c2ccccc2)C1. The molecule has 0 aromatic heterocycles. The molecule has 7 heteroatoms. The van der Waals surface area contributed by atoms with Crippen LogP contribution in [0.25, 0.3) is 0 Å². The number of amides is 1. The van der Waals surface area contributed by atoms with Crippen LogP contribution in [-0.2, 0) is 25.5 Å². The molecule has 2 unspecified atom stereocenters. The average Bonchev–Trinajstić information content (AvgIpc) is 3.34. The number of hydrogen-bond acceptors (Lipinski definition) is 6. The van der Waals surface area contributed by atoms with Crippen molar-refractivity contribution in [2.75, 3.05) is 11.6 Å². The summed E-state index contributed by atoms with van der Waals surface area (Å²) in [6, 6.07) is 28.0. The first-order chi connectivity index (χ1) is 17.0. The van der Waals surface area contributed by atoms with Crippen LogP contribution < -0.4 is 10.3 Å². The molecule has 3 aromatic carbocycles. The number of carbonyl (C=O) groups excluding carboxylic acids is 3. The molecule has 1 amide bonds. The Morgan fingerprint density at radius 2 is 1.54 bits per heavy atom. The van der Waals surface area contributed by atoms with Gasteiger partial charge in [0.15, 0.2) is 12.4 Å². The number of ether oxygens (including phenoxy) is 1. The maximum Gasteiger partial charge on any atom is 0.355 e. The Morgan fingerprint density at radius 3 is 2.17 bits per heavy atom. The zero-order valence-electron chi connectivity index (χ0n) is 19.5. The van der Waals surface area contributed by atoms with E-state index in [2.05, 4.69) is 10.4 Å². The van der Waals surface area contributed by atoms with Crippen LogP contribution in [0.4, 0.5) is 5.69 Å². The number of nitrogens with one attached hydrogen (secondary N) is 1. The fraction of sp³-hybridized carbons (Fsp3) is 0.214. The van der Waals surface area contributed by atoms with Crippen LogP contribution in [0.3, 0.4) is 0 Å². The molecule has 0 spiro atoms. The first kappa shape index (κ1) is 23.9. The molecule has 1 heterocycles. The lowest BCUT2D eigenvalue weighted by Crippen LogP contribution is -2.43. The molecular weight excluding hydrogens is 442 g/mol.